The number of hydrogen-bond acceptors (Lipinski definition) is 3. The summed E-state index contributed by atoms with van der Waals surface area (Å²) in [4.78, 5) is 11.8. The third kappa shape index (κ3) is 2.62. The number of phenolic OH excluding ortho intramolecular Hbond substituents is 1. The minimum absolute atomic E-state index is 0.151. The Bertz CT molecular complexity index is 624. The summed E-state index contributed by atoms with van der Waals surface area (Å²) in [5, 5.41) is 11.6. The molecule has 0 radical (unpaired) electrons. The van der Waals surface area contributed by atoms with E-state index in [4.69, 9.17) is 5.73 Å². The number of benzene rings is 2. The first kappa shape index (κ1) is 12.8. The number of aromatic hydroxyl groups is 1. The zero-order valence-electron chi connectivity index (χ0n) is 9.65. The van der Waals surface area contributed by atoms with Crippen LogP contribution < -0.4 is 11.1 Å². The first-order valence-electron chi connectivity index (χ1n) is 5.33. The molecular formula is C13H10F2N2O2. The van der Waals surface area contributed by atoms with Crippen molar-refractivity contribution in [2.45, 2.75) is 0 Å². The molecule has 0 aromatic heterocycles. The Morgan fingerprint density at radius 3 is 2.53 bits per heavy atom. The Hall–Kier alpha value is -2.63. The van der Waals surface area contributed by atoms with E-state index in [2.05, 4.69) is 5.32 Å². The lowest BCUT2D eigenvalue weighted by Gasteiger charge is -2.08. The maximum Gasteiger partial charge on any atom is 0.262 e. The van der Waals surface area contributed by atoms with Gasteiger partial charge in [-0.15, -0.1) is 0 Å². The average molecular weight is 264 g/mol. The molecule has 0 heterocycles. The number of halogens is 2. The van der Waals surface area contributed by atoms with Gasteiger partial charge in [-0.25, -0.2) is 8.78 Å². The highest BCUT2D eigenvalue weighted by Gasteiger charge is 2.17. The van der Waals surface area contributed by atoms with Crippen LogP contribution in [-0.4, -0.2) is 11.0 Å². The molecule has 0 aliphatic rings. The lowest BCUT2D eigenvalue weighted by Crippen LogP contribution is -2.15. The highest BCUT2D eigenvalue weighted by atomic mass is 19.1. The van der Waals surface area contributed by atoms with Crippen LogP contribution in [0.5, 0.6) is 5.75 Å². The lowest BCUT2D eigenvalue weighted by atomic mass is 10.1. The van der Waals surface area contributed by atoms with E-state index in [-0.39, 0.29) is 11.4 Å². The van der Waals surface area contributed by atoms with Gasteiger partial charge in [0, 0.05) is 5.69 Å². The van der Waals surface area contributed by atoms with Crippen LogP contribution >= 0.6 is 0 Å². The van der Waals surface area contributed by atoms with Gasteiger partial charge >= 0.3 is 0 Å². The summed E-state index contributed by atoms with van der Waals surface area (Å²) in [5.41, 5.74) is 4.87. The summed E-state index contributed by atoms with van der Waals surface area (Å²) in [6.07, 6.45) is 0. The van der Waals surface area contributed by atoms with Crippen molar-refractivity contribution in [1.82, 2.24) is 0 Å². The molecule has 2 rings (SSSR count). The first-order chi connectivity index (χ1) is 8.99. The molecule has 0 unspecified atom stereocenters. The number of phenols is 1. The molecule has 0 fully saturated rings. The van der Waals surface area contributed by atoms with Crippen molar-refractivity contribution < 1.29 is 18.7 Å². The molecule has 0 bridgehead atoms. The van der Waals surface area contributed by atoms with Crippen LogP contribution in [0.3, 0.4) is 0 Å². The number of hydrogen-bond donors (Lipinski definition) is 3. The second-order valence-electron chi connectivity index (χ2n) is 3.83. The quantitative estimate of drug-likeness (QED) is 0.729. The van der Waals surface area contributed by atoms with Gasteiger partial charge in [0.1, 0.15) is 22.9 Å². The minimum Gasteiger partial charge on any atom is -0.507 e. The monoisotopic (exact) mass is 264 g/mol. The van der Waals surface area contributed by atoms with Gasteiger partial charge in [0.05, 0.1) is 5.69 Å². The predicted octanol–water partition coefficient (Wildman–Crippen LogP) is 2.50. The standard InChI is InChI=1S/C13H10F2N2O2/c14-8-2-1-3-11(18)12(8)13(19)17-10-5-4-7(16)6-9(10)15/h1-6,18H,16H2,(H,17,19). The maximum atomic E-state index is 13.5. The van der Waals surface area contributed by atoms with Crippen molar-refractivity contribution in [3.8, 4) is 5.75 Å². The lowest BCUT2D eigenvalue weighted by molar-refractivity contribution is 0.102. The molecule has 98 valence electrons. The fourth-order valence-corrected chi connectivity index (χ4v) is 1.56. The fraction of sp³-hybridized carbons (Fsp3) is 0. The zero-order chi connectivity index (χ0) is 14.0. The molecule has 0 atom stereocenters. The third-order valence-electron chi connectivity index (χ3n) is 2.46. The number of carbonyl (C=O) groups excluding carboxylic acids is 1. The molecule has 6 heteroatoms. The summed E-state index contributed by atoms with van der Waals surface area (Å²) >= 11 is 0. The molecule has 0 saturated heterocycles. The Kier molecular flexibility index (Phi) is 3.33. The summed E-state index contributed by atoms with van der Waals surface area (Å²) in [5.74, 6) is -3.11. The van der Waals surface area contributed by atoms with E-state index in [0.29, 0.717) is 0 Å². The second kappa shape index (κ2) is 4.93. The third-order valence-corrected chi connectivity index (χ3v) is 2.46. The van der Waals surface area contributed by atoms with Gasteiger partial charge < -0.3 is 16.2 Å². The molecule has 2 aromatic carbocycles. The van der Waals surface area contributed by atoms with E-state index in [1.807, 2.05) is 0 Å². The smallest absolute Gasteiger partial charge is 0.262 e. The first-order valence-corrected chi connectivity index (χ1v) is 5.33. The van der Waals surface area contributed by atoms with Gasteiger partial charge in [0.25, 0.3) is 5.91 Å². The number of nitrogens with two attached hydrogens (primary N) is 1. The van der Waals surface area contributed by atoms with Crippen LogP contribution in [0.15, 0.2) is 36.4 Å². The van der Waals surface area contributed by atoms with Gasteiger partial charge in [-0.3, -0.25) is 4.79 Å². The zero-order valence-corrected chi connectivity index (χ0v) is 9.65. The predicted molar refractivity (Wildman–Crippen MR) is 66.8 cm³/mol. The Morgan fingerprint density at radius 1 is 1.16 bits per heavy atom. The average Bonchev–Trinajstić information content (AvgIpc) is 2.32. The van der Waals surface area contributed by atoms with Crippen LogP contribution in [0.25, 0.3) is 0 Å². The van der Waals surface area contributed by atoms with Crippen LogP contribution in [0, 0.1) is 11.6 Å². The van der Waals surface area contributed by atoms with E-state index in [0.717, 1.165) is 18.2 Å². The van der Waals surface area contributed by atoms with Gasteiger partial charge in [-0.05, 0) is 30.3 Å². The van der Waals surface area contributed by atoms with Crippen LogP contribution in [0.1, 0.15) is 10.4 Å². The van der Waals surface area contributed by atoms with E-state index in [1.54, 1.807) is 0 Å². The maximum absolute atomic E-state index is 13.5. The van der Waals surface area contributed by atoms with E-state index in [9.17, 15) is 18.7 Å². The second-order valence-corrected chi connectivity index (χ2v) is 3.83. The van der Waals surface area contributed by atoms with Crippen LogP contribution in [0.2, 0.25) is 0 Å². The van der Waals surface area contributed by atoms with Gasteiger partial charge in [-0.2, -0.15) is 0 Å². The molecular weight excluding hydrogens is 254 g/mol. The molecule has 19 heavy (non-hydrogen) atoms. The Labute approximate surface area is 107 Å². The SMILES string of the molecule is Nc1ccc(NC(=O)c2c(O)cccc2F)c(F)c1. The largest absolute Gasteiger partial charge is 0.507 e. The topological polar surface area (TPSA) is 75.3 Å². The summed E-state index contributed by atoms with van der Waals surface area (Å²) in [6, 6.07) is 7.10. The number of anilines is 2. The Balaban J connectivity index is 2.31. The molecule has 0 spiro atoms. The van der Waals surface area contributed by atoms with Crippen molar-refractivity contribution in [2.24, 2.45) is 0 Å². The van der Waals surface area contributed by atoms with Crippen LogP contribution in [0.4, 0.5) is 20.2 Å². The van der Waals surface area contributed by atoms with E-state index < -0.39 is 28.9 Å². The molecule has 0 saturated carbocycles. The number of nitrogen functional groups attached to an aromatic ring is 1. The van der Waals surface area contributed by atoms with Crippen molar-refractivity contribution in [2.75, 3.05) is 11.1 Å². The minimum atomic E-state index is -0.945. The highest BCUT2D eigenvalue weighted by Crippen LogP contribution is 2.23. The van der Waals surface area contributed by atoms with Crippen molar-refractivity contribution in [3.63, 3.8) is 0 Å². The molecule has 0 aliphatic heterocycles. The summed E-state index contributed by atoms with van der Waals surface area (Å²) in [6.45, 7) is 0. The Morgan fingerprint density at radius 2 is 1.89 bits per heavy atom. The van der Waals surface area contributed by atoms with Crippen LogP contribution in [-0.2, 0) is 0 Å². The highest BCUT2D eigenvalue weighted by molar-refractivity contribution is 6.06. The number of amides is 1. The van der Waals surface area contributed by atoms with Crippen molar-refractivity contribution in [1.29, 1.82) is 0 Å². The van der Waals surface area contributed by atoms with E-state index in [1.165, 1.54) is 18.2 Å². The summed E-state index contributed by atoms with van der Waals surface area (Å²) < 4.78 is 26.9. The van der Waals surface area contributed by atoms with Gasteiger partial charge in [-0.1, -0.05) is 6.07 Å². The summed E-state index contributed by atoms with van der Waals surface area (Å²) in [7, 11) is 0. The number of rotatable bonds is 2. The van der Waals surface area contributed by atoms with E-state index >= 15 is 0 Å². The van der Waals surface area contributed by atoms with Crippen molar-refractivity contribution >= 4 is 17.3 Å². The van der Waals surface area contributed by atoms with Crippen molar-refractivity contribution in [3.05, 3.63) is 53.6 Å². The molecule has 2 aromatic rings. The number of nitrogens with one attached hydrogen (secondary N) is 1. The molecule has 4 nitrogen and oxygen atoms in total. The fourth-order valence-electron chi connectivity index (χ4n) is 1.56. The van der Waals surface area contributed by atoms with Gasteiger partial charge in [0.2, 0.25) is 0 Å². The number of carbonyl (C=O) groups is 1. The molecule has 1 amide bonds. The normalized spacial score (nSPS) is 10.2. The molecule has 0 aliphatic carbocycles. The molecule has 4 N–H and O–H groups in total. The van der Waals surface area contributed by atoms with Gasteiger partial charge in [0.15, 0.2) is 0 Å².